The van der Waals surface area contributed by atoms with E-state index in [2.05, 4.69) is 20.8 Å². The minimum Gasteiger partial charge on any atom is -0.342 e. The maximum atomic E-state index is 11.3. The molecule has 6 rings (SSSR count). The molecule has 4 aromatic rings. The minimum atomic E-state index is -0.563. The largest absolute Gasteiger partial charge is 0.342 e. The lowest BCUT2D eigenvalue weighted by atomic mass is 9.93. The molecule has 1 saturated heterocycles. The summed E-state index contributed by atoms with van der Waals surface area (Å²) in [6, 6.07) is 28.0. The Morgan fingerprint density at radius 1 is 0.763 bits per heavy atom. The highest BCUT2D eigenvalue weighted by Gasteiger charge is 2.48. The Labute approximate surface area is 225 Å². The van der Waals surface area contributed by atoms with Crippen LogP contribution in [0.15, 0.2) is 107 Å². The zero-order valence-electron chi connectivity index (χ0n) is 19.7. The summed E-state index contributed by atoms with van der Waals surface area (Å²) in [5, 5.41) is 22.6. The van der Waals surface area contributed by atoms with E-state index in [1.54, 1.807) is 24.3 Å². The van der Waals surface area contributed by atoms with Gasteiger partial charge >= 0.3 is 0 Å². The summed E-state index contributed by atoms with van der Waals surface area (Å²) in [5.74, 6) is 0. The highest BCUT2D eigenvalue weighted by Crippen LogP contribution is 2.52. The molecule has 0 saturated carbocycles. The van der Waals surface area contributed by atoms with Gasteiger partial charge in [0.05, 0.1) is 33.0 Å². The average molecular weight is 571 g/mol. The van der Waals surface area contributed by atoms with Crippen molar-refractivity contribution >= 4 is 44.4 Å². The maximum Gasteiger partial charge on any atom is 0.269 e. The van der Waals surface area contributed by atoms with Gasteiger partial charge in [0.2, 0.25) is 0 Å². The molecule has 0 aromatic heterocycles. The van der Waals surface area contributed by atoms with Crippen LogP contribution in [-0.4, -0.2) is 21.8 Å². The second kappa shape index (κ2) is 9.47. The molecule has 9 nitrogen and oxygen atoms in total. The zero-order chi connectivity index (χ0) is 26.4. The molecule has 0 bridgehead atoms. The van der Waals surface area contributed by atoms with Crippen LogP contribution in [0.4, 0.5) is 22.7 Å². The topological polar surface area (TPSA) is 111 Å². The highest BCUT2D eigenvalue weighted by atomic mass is 79.9. The number of halogens is 1. The van der Waals surface area contributed by atoms with E-state index >= 15 is 0 Å². The lowest BCUT2D eigenvalue weighted by Gasteiger charge is -2.35. The van der Waals surface area contributed by atoms with Crippen molar-refractivity contribution in [3.63, 3.8) is 0 Å². The molecular formula is C28H19BrN4O5. The fourth-order valence-corrected chi connectivity index (χ4v) is 5.27. The van der Waals surface area contributed by atoms with Crippen LogP contribution < -0.4 is 4.90 Å². The molecule has 2 heterocycles. The van der Waals surface area contributed by atoms with Crippen molar-refractivity contribution in [3.8, 4) is 0 Å². The van der Waals surface area contributed by atoms with E-state index in [4.69, 9.17) is 9.73 Å². The molecule has 10 heteroatoms. The van der Waals surface area contributed by atoms with Crippen molar-refractivity contribution in [1.29, 1.82) is 0 Å². The number of benzene rings is 4. The van der Waals surface area contributed by atoms with Gasteiger partial charge in [-0.15, -0.1) is 0 Å². The van der Waals surface area contributed by atoms with Crippen LogP contribution in [0, 0.1) is 20.2 Å². The number of non-ortho nitro benzene ring substituents is 2. The average Bonchev–Trinajstić information content (AvgIpc) is 3.34. The van der Waals surface area contributed by atoms with Gasteiger partial charge in [0.25, 0.3) is 11.4 Å². The fourth-order valence-electron chi connectivity index (χ4n) is 5.01. The first-order chi connectivity index (χ1) is 18.4. The van der Waals surface area contributed by atoms with E-state index < -0.39 is 22.2 Å². The number of nitro groups is 2. The van der Waals surface area contributed by atoms with Crippen LogP contribution in [0.1, 0.15) is 28.8 Å². The summed E-state index contributed by atoms with van der Waals surface area (Å²) in [4.78, 5) is 28.8. The van der Waals surface area contributed by atoms with E-state index in [0.717, 1.165) is 38.2 Å². The van der Waals surface area contributed by atoms with Crippen LogP contribution in [0.25, 0.3) is 0 Å². The minimum absolute atomic E-state index is 0.00717. The monoisotopic (exact) mass is 570 g/mol. The van der Waals surface area contributed by atoms with Crippen LogP contribution >= 0.6 is 15.9 Å². The molecular weight excluding hydrogens is 552 g/mol. The number of nitro benzene ring substituents is 2. The van der Waals surface area contributed by atoms with E-state index in [0.29, 0.717) is 0 Å². The van der Waals surface area contributed by atoms with Gasteiger partial charge in [-0.1, -0.05) is 52.3 Å². The quantitative estimate of drug-likeness (QED) is 0.188. The van der Waals surface area contributed by atoms with Crippen LogP contribution in [0.3, 0.4) is 0 Å². The van der Waals surface area contributed by atoms with Gasteiger partial charge < -0.3 is 9.64 Å². The molecule has 2 aliphatic heterocycles. The number of fused-ring (bicyclic) bond motifs is 3. The Balaban J connectivity index is 1.52. The second-order valence-electron chi connectivity index (χ2n) is 8.95. The third kappa shape index (κ3) is 4.13. The summed E-state index contributed by atoms with van der Waals surface area (Å²) in [6.45, 7) is 0. The number of ether oxygens (including phenoxy) is 1. The Morgan fingerprint density at radius 2 is 1.34 bits per heavy atom. The number of para-hydroxylation sites is 2. The predicted molar refractivity (Wildman–Crippen MR) is 146 cm³/mol. The summed E-state index contributed by atoms with van der Waals surface area (Å²) in [5.41, 5.74) is 4.81. The molecule has 0 spiro atoms. The number of aliphatic imine (C=N–C) groups is 1. The summed E-state index contributed by atoms with van der Waals surface area (Å²) in [7, 11) is 0. The lowest BCUT2D eigenvalue weighted by molar-refractivity contribution is -0.385. The first kappa shape index (κ1) is 24.0. The molecule has 2 aliphatic rings. The number of rotatable bonds is 5. The van der Waals surface area contributed by atoms with E-state index in [1.165, 1.54) is 24.3 Å². The molecule has 1 fully saturated rings. The van der Waals surface area contributed by atoms with E-state index in [-0.39, 0.29) is 17.4 Å². The Kier molecular flexibility index (Phi) is 5.97. The van der Waals surface area contributed by atoms with Crippen molar-refractivity contribution in [2.45, 2.75) is 18.4 Å². The van der Waals surface area contributed by atoms with Crippen molar-refractivity contribution in [2.24, 2.45) is 4.99 Å². The van der Waals surface area contributed by atoms with Crippen LogP contribution in [-0.2, 0) is 4.74 Å². The Bertz CT molecular complexity index is 1570. The molecule has 4 aromatic carbocycles. The van der Waals surface area contributed by atoms with Crippen molar-refractivity contribution in [2.75, 3.05) is 4.90 Å². The lowest BCUT2D eigenvalue weighted by Crippen LogP contribution is -2.41. The van der Waals surface area contributed by atoms with E-state index in [9.17, 15) is 20.2 Å². The van der Waals surface area contributed by atoms with Gasteiger partial charge in [0.15, 0.2) is 6.23 Å². The van der Waals surface area contributed by atoms with Gasteiger partial charge in [-0.05, 0) is 47.5 Å². The number of anilines is 1. The van der Waals surface area contributed by atoms with E-state index in [1.807, 2.05) is 48.5 Å². The standard InChI is InChI=1S/C28H19BrN4O5/c29-20-11-5-17(6-12-20)25-28-31(24-4-2-1-3-23(24)30-25)26(18-7-13-21(14-8-18)32(34)35)27(38-28)19-9-15-22(16-10-19)33(36)37/h1-16,26-28H/t26-,27+,28+/m1/s1. The van der Waals surface area contributed by atoms with Crippen LogP contribution in [0.5, 0.6) is 0 Å². The van der Waals surface area contributed by atoms with Gasteiger partial charge in [-0.25, -0.2) is 4.99 Å². The zero-order valence-corrected chi connectivity index (χ0v) is 21.3. The molecule has 0 N–H and O–H groups in total. The highest BCUT2D eigenvalue weighted by molar-refractivity contribution is 9.10. The van der Waals surface area contributed by atoms with Crippen molar-refractivity contribution < 1.29 is 14.6 Å². The number of hydrogen-bond acceptors (Lipinski definition) is 7. The first-order valence-electron chi connectivity index (χ1n) is 11.8. The molecule has 38 heavy (non-hydrogen) atoms. The molecule has 0 unspecified atom stereocenters. The predicted octanol–water partition coefficient (Wildman–Crippen LogP) is 7.05. The van der Waals surface area contributed by atoms with Gasteiger partial charge in [-0.2, -0.15) is 0 Å². The molecule has 0 radical (unpaired) electrons. The molecule has 3 atom stereocenters. The fraction of sp³-hybridized carbons (Fsp3) is 0.107. The first-order valence-corrected chi connectivity index (χ1v) is 12.6. The van der Waals surface area contributed by atoms with Gasteiger partial charge in [0.1, 0.15) is 6.10 Å². The summed E-state index contributed by atoms with van der Waals surface area (Å²) < 4.78 is 7.67. The van der Waals surface area contributed by atoms with Crippen molar-refractivity contribution in [1.82, 2.24) is 0 Å². The molecule has 0 aliphatic carbocycles. The normalized spacial score (nSPS) is 19.9. The Morgan fingerprint density at radius 3 is 1.95 bits per heavy atom. The summed E-state index contributed by atoms with van der Waals surface area (Å²) >= 11 is 3.49. The Hall–Kier alpha value is -4.41. The third-order valence-corrected chi connectivity index (χ3v) is 7.30. The second-order valence-corrected chi connectivity index (χ2v) is 9.87. The molecule has 0 amide bonds. The number of nitrogens with zero attached hydrogens (tertiary/aromatic N) is 4. The molecule has 188 valence electrons. The number of hydrogen-bond donors (Lipinski definition) is 0. The van der Waals surface area contributed by atoms with Crippen molar-refractivity contribution in [3.05, 3.63) is 138 Å². The van der Waals surface area contributed by atoms with Crippen LogP contribution in [0.2, 0.25) is 0 Å². The third-order valence-electron chi connectivity index (χ3n) is 6.77. The SMILES string of the molecule is O=[N+]([O-])c1ccc([C@@H]2[C@H](c3ccc([N+](=O)[O-])cc3)O[C@H]3C(c4ccc(Br)cc4)=Nc4ccccc4N23)cc1. The summed E-state index contributed by atoms with van der Waals surface area (Å²) in [6.07, 6.45) is -1.10. The van der Waals surface area contributed by atoms with Gasteiger partial charge in [-0.3, -0.25) is 20.2 Å². The maximum absolute atomic E-state index is 11.3. The smallest absolute Gasteiger partial charge is 0.269 e. The van der Waals surface area contributed by atoms with Gasteiger partial charge in [0, 0.05) is 34.3 Å².